The molecule has 1 aliphatic carbocycles. The first-order valence-electron chi connectivity index (χ1n) is 9.81. The maximum atomic E-state index is 12.4. The molecule has 2 aromatic heterocycles. The molecule has 1 aliphatic rings. The second kappa shape index (κ2) is 10.3. The zero-order chi connectivity index (χ0) is 20.5. The van der Waals surface area contributed by atoms with E-state index in [-0.39, 0.29) is 24.8 Å². The van der Waals surface area contributed by atoms with Gasteiger partial charge in [0.2, 0.25) is 0 Å². The highest BCUT2D eigenvalue weighted by molar-refractivity contribution is 5.99. The van der Waals surface area contributed by atoms with Gasteiger partial charge in [-0.05, 0) is 18.8 Å². The molecule has 0 radical (unpaired) electrons. The monoisotopic (exact) mass is 395 g/mol. The van der Waals surface area contributed by atoms with E-state index < -0.39 is 0 Å². The van der Waals surface area contributed by atoms with Crippen LogP contribution in [0.15, 0.2) is 24.7 Å². The maximum absolute atomic E-state index is 12.4. The number of nitrogens with one attached hydrogen (secondary N) is 3. The quantitative estimate of drug-likeness (QED) is 0.534. The topological polar surface area (TPSA) is 136 Å². The molecule has 0 unspecified atom stereocenters. The molecule has 29 heavy (non-hydrogen) atoms. The Morgan fingerprint density at radius 3 is 2.62 bits per heavy atom. The van der Waals surface area contributed by atoms with Gasteiger partial charge < -0.3 is 21.1 Å². The van der Waals surface area contributed by atoms with Crippen LogP contribution in [-0.4, -0.2) is 45.7 Å². The van der Waals surface area contributed by atoms with E-state index in [0.29, 0.717) is 28.8 Å². The van der Waals surface area contributed by atoms with Crippen molar-refractivity contribution in [3.8, 4) is 6.07 Å². The van der Waals surface area contributed by atoms with Gasteiger partial charge in [0, 0.05) is 25.4 Å². The fourth-order valence-electron chi connectivity index (χ4n) is 3.34. The van der Waals surface area contributed by atoms with Gasteiger partial charge in [0.1, 0.15) is 17.7 Å². The summed E-state index contributed by atoms with van der Waals surface area (Å²) in [6.45, 7) is 0.850. The molecule has 1 fully saturated rings. The van der Waals surface area contributed by atoms with Crippen molar-refractivity contribution in [2.45, 2.75) is 32.1 Å². The molecule has 0 spiro atoms. The summed E-state index contributed by atoms with van der Waals surface area (Å²) in [6.07, 6.45) is 10.5. The Kier molecular flexibility index (Phi) is 7.30. The Balaban J connectivity index is 1.76. The van der Waals surface area contributed by atoms with Crippen molar-refractivity contribution in [3.05, 3.63) is 35.9 Å². The largest absolute Gasteiger partial charge is 0.395 e. The minimum atomic E-state index is -0.289. The molecule has 2 aromatic rings. The Morgan fingerprint density at radius 1 is 1.14 bits per heavy atom. The van der Waals surface area contributed by atoms with Crippen LogP contribution in [0.2, 0.25) is 0 Å². The Hall–Kier alpha value is -3.25. The van der Waals surface area contributed by atoms with Crippen LogP contribution < -0.4 is 16.0 Å². The lowest BCUT2D eigenvalue weighted by atomic mass is 9.89. The highest BCUT2D eigenvalue weighted by atomic mass is 16.3. The van der Waals surface area contributed by atoms with E-state index in [1.54, 1.807) is 6.07 Å². The van der Waals surface area contributed by atoms with Crippen LogP contribution in [0.4, 0.5) is 17.3 Å². The van der Waals surface area contributed by atoms with Crippen LogP contribution in [0.3, 0.4) is 0 Å². The van der Waals surface area contributed by atoms with Gasteiger partial charge in [-0.3, -0.25) is 4.79 Å². The predicted octanol–water partition coefficient (Wildman–Crippen LogP) is 2.20. The van der Waals surface area contributed by atoms with Crippen molar-refractivity contribution in [2.75, 3.05) is 30.3 Å². The molecule has 9 nitrogen and oxygen atoms in total. The molecule has 152 valence electrons. The minimum absolute atomic E-state index is 0.124. The molecular formula is C20H25N7O2. The molecule has 0 bridgehead atoms. The summed E-state index contributed by atoms with van der Waals surface area (Å²) in [5.74, 6) is 1.26. The van der Waals surface area contributed by atoms with Gasteiger partial charge in [-0.1, -0.05) is 19.3 Å². The smallest absolute Gasteiger partial charge is 0.255 e. The highest BCUT2D eigenvalue weighted by Crippen LogP contribution is 2.26. The lowest BCUT2D eigenvalue weighted by molar-refractivity contribution is 0.0945. The summed E-state index contributed by atoms with van der Waals surface area (Å²) >= 11 is 0. The number of aliphatic hydroxyl groups excluding tert-OH is 1. The summed E-state index contributed by atoms with van der Waals surface area (Å²) in [5.41, 5.74) is 1.32. The molecule has 0 atom stereocenters. The van der Waals surface area contributed by atoms with E-state index in [1.165, 1.54) is 50.7 Å². The van der Waals surface area contributed by atoms with Crippen molar-refractivity contribution in [1.29, 1.82) is 5.26 Å². The van der Waals surface area contributed by atoms with Crippen molar-refractivity contribution >= 4 is 23.2 Å². The Bertz CT molecular complexity index is 858. The number of aliphatic hydroxyl groups is 1. The second-order valence-electron chi connectivity index (χ2n) is 7.00. The molecule has 0 aliphatic heterocycles. The zero-order valence-corrected chi connectivity index (χ0v) is 16.2. The standard InChI is InChI=1S/C20H25N7O2/c21-9-15-11-25-19(13-23-15)27-18-8-17(24-10-14-4-2-1-3-5-14)16(12-26-18)20(29)22-6-7-28/h8,11-14,28H,1-7,10H2,(H,22,29)(H2,24,25,26,27). The van der Waals surface area contributed by atoms with Crippen LogP contribution in [-0.2, 0) is 0 Å². The van der Waals surface area contributed by atoms with Gasteiger partial charge in [-0.2, -0.15) is 5.26 Å². The first-order chi connectivity index (χ1) is 14.2. The van der Waals surface area contributed by atoms with E-state index in [9.17, 15) is 4.79 Å². The van der Waals surface area contributed by atoms with E-state index in [4.69, 9.17) is 10.4 Å². The number of hydrogen-bond donors (Lipinski definition) is 4. The third-order valence-corrected chi connectivity index (χ3v) is 4.87. The van der Waals surface area contributed by atoms with Crippen LogP contribution in [0.5, 0.6) is 0 Å². The number of rotatable bonds is 8. The van der Waals surface area contributed by atoms with Crippen LogP contribution in [0.1, 0.15) is 48.2 Å². The number of nitriles is 1. The zero-order valence-electron chi connectivity index (χ0n) is 16.2. The number of hydrogen-bond acceptors (Lipinski definition) is 8. The summed E-state index contributed by atoms with van der Waals surface area (Å²) in [4.78, 5) is 24.8. The molecule has 4 N–H and O–H groups in total. The normalized spacial score (nSPS) is 14.1. The van der Waals surface area contributed by atoms with E-state index in [2.05, 4.69) is 30.9 Å². The number of anilines is 3. The molecule has 1 amide bonds. The number of amides is 1. The van der Waals surface area contributed by atoms with Gasteiger partial charge >= 0.3 is 0 Å². The summed E-state index contributed by atoms with van der Waals surface area (Å²) in [5, 5.41) is 26.9. The molecule has 9 heteroatoms. The van der Waals surface area contributed by atoms with E-state index in [0.717, 1.165) is 6.54 Å². The van der Waals surface area contributed by atoms with E-state index in [1.807, 2.05) is 6.07 Å². The maximum Gasteiger partial charge on any atom is 0.255 e. The molecule has 3 rings (SSSR count). The Morgan fingerprint density at radius 2 is 1.93 bits per heavy atom. The molecule has 1 saturated carbocycles. The van der Waals surface area contributed by atoms with Crippen LogP contribution in [0.25, 0.3) is 0 Å². The average Bonchev–Trinajstić information content (AvgIpc) is 2.77. The van der Waals surface area contributed by atoms with Gasteiger partial charge in [-0.15, -0.1) is 0 Å². The van der Waals surface area contributed by atoms with Crippen LogP contribution >= 0.6 is 0 Å². The molecular weight excluding hydrogens is 370 g/mol. The summed E-state index contributed by atoms with van der Waals surface area (Å²) < 4.78 is 0. The third-order valence-electron chi connectivity index (χ3n) is 4.87. The second-order valence-corrected chi connectivity index (χ2v) is 7.00. The fourth-order valence-corrected chi connectivity index (χ4v) is 3.34. The van der Waals surface area contributed by atoms with Gasteiger partial charge in [0.25, 0.3) is 5.91 Å². The highest BCUT2D eigenvalue weighted by Gasteiger charge is 2.17. The molecule has 2 heterocycles. The number of aromatic nitrogens is 3. The van der Waals surface area contributed by atoms with Crippen molar-refractivity contribution in [3.63, 3.8) is 0 Å². The van der Waals surface area contributed by atoms with Gasteiger partial charge in [-0.25, -0.2) is 15.0 Å². The van der Waals surface area contributed by atoms with Crippen molar-refractivity contribution < 1.29 is 9.90 Å². The van der Waals surface area contributed by atoms with Gasteiger partial charge in [0.15, 0.2) is 5.69 Å². The number of carbonyl (C=O) groups is 1. The molecule has 0 saturated heterocycles. The molecule has 0 aromatic carbocycles. The average molecular weight is 395 g/mol. The third kappa shape index (κ3) is 5.86. The lowest BCUT2D eigenvalue weighted by Gasteiger charge is -2.23. The summed E-state index contributed by atoms with van der Waals surface area (Å²) in [7, 11) is 0. The van der Waals surface area contributed by atoms with Gasteiger partial charge in [0.05, 0.1) is 30.3 Å². The lowest BCUT2D eigenvalue weighted by Crippen LogP contribution is -2.28. The number of pyridine rings is 1. The fraction of sp³-hybridized carbons (Fsp3) is 0.450. The Labute approximate surface area is 169 Å². The van der Waals surface area contributed by atoms with Crippen molar-refractivity contribution in [1.82, 2.24) is 20.3 Å². The SMILES string of the molecule is N#Cc1cnc(Nc2cc(NCC3CCCCC3)c(C(=O)NCCO)cn2)cn1. The first kappa shape index (κ1) is 20.5. The minimum Gasteiger partial charge on any atom is -0.395 e. The number of nitrogens with zero attached hydrogens (tertiary/aromatic N) is 4. The van der Waals surface area contributed by atoms with Crippen molar-refractivity contribution in [2.24, 2.45) is 5.92 Å². The predicted molar refractivity (Wildman–Crippen MR) is 109 cm³/mol. The van der Waals surface area contributed by atoms with E-state index >= 15 is 0 Å². The number of carbonyl (C=O) groups excluding carboxylic acids is 1. The summed E-state index contributed by atoms with van der Waals surface area (Å²) in [6, 6.07) is 3.68. The first-order valence-corrected chi connectivity index (χ1v) is 9.81. The van der Waals surface area contributed by atoms with Crippen LogP contribution in [0, 0.1) is 17.2 Å².